The minimum Gasteiger partial charge on any atom is -0.480 e. The number of amides is 4. The topological polar surface area (TPSA) is 323 Å². The average molecular weight is 548 g/mol. The smallest absolute Gasteiger partial charge is 0.326 e. The van der Waals surface area contributed by atoms with E-state index in [0.29, 0.717) is 0 Å². The molecule has 210 valence electrons. The first-order valence-electron chi connectivity index (χ1n) is 11.2. The van der Waals surface area contributed by atoms with Crippen molar-refractivity contribution in [2.24, 2.45) is 44.4 Å². The number of primary amides is 1. The van der Waals surface area contributed by atoms with Crippen molar-refractivity contribution in [1.82, 2.24) is 16.0 Å². The first kappa shape index (κ1) is 33.2. The van der Waals surface area contributed by atoms with Crippen molar-refractivity contribution < 1.29 is 29.1 Å². The predicted octanol–water partition coefficient (Wildman–Crippen LogP) is -5.23. The molecule has 37 heavy (non-hydrogen) atoms. The molecule has 0 bridgehead atoms. The molecule has 4 amide bonds. The molecule has 0 saturated heterocycles. The van der Waals surface area contributed by atoms with Gasteiger partial charge in [0.15, 0.2) is 11.9 Å². The molecule has 0 aliphatic carbocycles. The van der Waals surface area contributed by atoms with Crippen LogP contribution in [0.2, 0.25) is 0 Å². The molecule has 0 aliphatic rings. The summed E-state index contributed by atoms with van der Waals surface area (Å²) < 4.78 is 0. The van der Waals surface area contributed by atoms with Crippen molar-refractivity contribution in [1.29, 1.82) is 0 Å². The molecule has 0 fully saturated rings. The Morgan fingerprint density at radius 2 is 1.16 bits per heavy atom. The van der Waals surface area contributed by atoms with Crippen LogP contribution in [0.1, 0.15) is 32.1 Å². The Bertz CT molecular complexity index is 861. The molecule has 0 aromatic heterocycles. The van der Waals surface area contributed by atoms with Gasteiger partial charge in [-0.15, -0.1) is 0 Å². The zero-order valence-corrected chi connectivity index (χ0v) is 21.2. The minimum absolute atomic E-state index is 0.00546. The highest BCUT2D eigenvalue weighted by Gasteiger charge is 2.30. The molecule has 0 saturated carbocycles. The zero-order valence-electron chi connectivity index (χ0n) is 20.3. The maximum atomic E-state index is 12.9. The van der Waals surface area contributed by atoms with Gasteiger partial charge < -0.3 is 55.5 Å². The van der Waals surface area contributed by atoms with Gasteiger partial charge in [0, 0.05) is 18.8 Å². The van der Waals surface area contributed by atoms with Gasteiger partial charge in [-0.05, 0) is 25.7 Å². The molecule has 0 aromatic carbocycles. The van der Waals surface area contributed by atoms with Gasteiger partial charge in [0.2, 0.25) is 23.6 Å². The lowest BCUT2D eigenvalue weighted by molar-refractivity contribution is -0.142. The fourth-order valence-electron chi connectivity index (χ4n) is 2.85. The first-order chi connectivity index (χ1) is 17.3. The Balaban J connectivity index is 5.60. The van der Waals surface area contributed by atoms with E-state index in [1.165, 1.54) is 0 Å². The van der Waals surface area contributed by atoms with E-state index in [4.69, 9.17) is 34.4 Å². The molecule has 16 N–H and O–H groups in total. The van der Waals surface area contributed by atoms with Crippen molar-refractivity contribution in [2.45, 2.75) is 56.3 Å². The number of carbonyl (C=O) groups is 5. The Hall–Kier alpha value is -3.80. The summed E-state index contributed by atoms with van der Waals surface area (Å²) in [5, 5.41) is 16.5. The lowest BCUT2D eigenvalue weighted by Gasteiger charge is -2.24. The maximum Gasteiger partial charge on any atom is 0.326 e. The van der Waals surface area contributed by atoms with Crippen LogP contribution in [0.15, 0.2) is 9.98 Å². The van der Waals surface area contributed by atoms with Crippen LogP contribution in [0, 0.1) is 0 Å². The standard InChI is InChI=1S/C19H37N11O6S/c20-9(8-37)14(32)30-12(7-13(21)31)16(34)28-10(3-1-5-26-18(22)23)15(33)29-11(17(35)36)4-2-6-27-19(24)25/h9-12,37H,1-8,20H2,(H2,21,31)(H,28,34)(H,29,33)(H,30,32)(H,35,36)(H4,22,23,26)(H4,24,25,27). The van der Waals surface area contributed by atoms with E-state index in [9.17, 15) is 29.1 Å². The number of nitrogens with two attached hydrogens (primary N) is 6. The Morgan fingerprint density at radius 1 is 0.730 bits per heavy atom. The van der Waals surface area contributed by atoms with E-state index in [1.54, 1.807) is 0 Å². The van der Waals surface area contributed by atoms with Gasteiger partial charge in [-0.3, -0.25) is 29.2 Å². The van der Waals surface area contributed by atoms with Crippen LogP contribution in [0.4, 0.5) is 0 Å². The van der Waals surface area contributed by atoms with Crippen LogP contribution in [-0.4, -0.2) is 89.6 Å². The molecule has 0 aliphatic heterocycles. The fraction of sp³-hybridized carbons (Fsp3) is 0.632. The highest BCUT2D eigenvalue weighted by molar-refractivity contribution is 7.80. The van der Waals surface area contributed by atoms with E-state index >= 15 is 0 Å². The third-order valence-corrected chi connectivity index (χ3v) is 5.10. The SMILES string of the molecule is NC(=O)CC(NC(=O)C(N)CS)C(=O)NC(CCCN=C(N)N)C(=O)NC(CCCN=C(N)N)C(=O)O. The minimum atomic E-state index is -1.45. The number of nitrogens with zero attached hydrogens (tertiary/aromatic N) is 2. The summed E-state index contributed by atoms with van der Waals surface area (Å²) in [6.07, 6.45) is -0.136. The number of aliphatic imine (C=N–C) groups is 2. The van der Waals surface area contributed by atoms with Crippen LogP contribution < -0.4 is 50.4 Å². The summed E-state index contributed by atoms with van der Waals surface area (Å²) in [5.41, 5.74) is 31.8. The summed E-state index contributed by atoms with van der Waals surface area (Å²) in [7, 11) is 0. The Morgan fingerprint density at radius 3 is 1.59 bits per heavy atom. The second-order valence-corrected chi connectivity index (χ2v) is 8.24. The third kappa shape index (κ3) is 15.0. The molecular weight excluding hydrogens is 510 g/mol. The van der Waals surface area contributed by atoms with Gasteiger partial charge in [0.05, 0.1) is 12.5 Å². The van der Waals surface area contributed by atoms with E-state index in [0.717, 1.165) is 0 Å². The van der Waals surface area contributed by atoms with Crippen LogP contribution in [0.5, 0.6) is 0 Å². The van der Waals surface area contributed by atoms with Crippen LogP contribution in [-0.2, 0) is 24.0 Å². The van der Waals surface area contributed by atoms with Crippen LogP contribution in [0.3, 0.4) is 0 Å². The highest BCUT2D eigenvalue weighted by atomic mass is 32.1. The number of guanidine groups is 2. The summed E-state index contributed by atoms with van der Waals surface area (Å²) in [4.78, 5) is 68.6. The average Bonchev–Trinajstić information content (AvgIpc) is 2.80. The van der Waals surface area contributed by atoms with Gasteiger partial charge in [-0.25, -0.2) is 4.79 Å². The van der Waals surface area contributed by atoms with Gasteiger partial charge in [-0.1, -0.05) is 0 Å². The number of hydrogen-bond acceptors (Lipinski definition) is 9. The quantitative estimate of drug-likeness (QED) is 0.0333. The number of thiol groups is 1. The van der Waals surface area contributed by atoms with Gasteiger partial charge in [0.25, 0.3) is 0 Å². The number of carboxylic acid groups (broad SMARTS) is 1. The highest BCUT2D eigenvalue weighted by Crippen LogP contribution is 2.05. The molecule has 4 atom stereocenters. The summed E-state index contributed by atoms with van der Waals surface area (Å²) in [6.45, 7) is 0.255. The zero-order chi connectivity index (χ0) is 28.5. The summed E-state index contributed by atoms with van der Waals surface area (Å²) in [6, 6.07) is -5.10. The number of rotatable bonds is 18. The fourth-order valence-corrected chi connectivity index (χ4v) is 3.02. The van der Waals surface area contributed by atoms with Crippen molar-refractivity contribution in [3.8, 4) is 0 Å². The number of carboxylic acids is 1. The van der Waals surface area contributed by atoms with Crippen LogP contribution >= 0.6 is 12.6 Å². The molecule has 0 heterocycles. The molecule has 0 rings (SSSR count). The monoisotopic (exact) mass is 547 g/mol. The van der Waals surface area contributed by atoms with Crippen molar-refractivity contribution in [3.05, 3.63) is 0 Å². The number of nitrogens with one attached hydrogen (secondary N) is 3. The lowest BCUT2D eigenvalue weighted by atomic mass is 10.1. The van der Waals surface area contributed by atoms with E-state index in [-0.39, 0.29) is 56.4 Å². The molecule has 0 radical (unpaired) electrons. The molecule has 0 aromatic rings. The molecule has 4 unspecified atom stereocenters. The third-order valence-electron chi connectivity index (χ3n) is 4.71. The maximum absolute atomic E-state index is 12.9. The van der Waals surface area contributed by atoms with E-state index in [1.807, 2.05) is 0 Å². The lowest BCUT2D eigenvalue weighted by Crippen LogP contribution is -2.58. The van der Waals surface area contributed by atoms with Crippen molar-refractivity contribution in [2.75, 3.05) is 18.8 Å². The largest absolute Gasteiger partial charge is 0.480 e. The van der Waals surface area contributed by atoms with E-state index < -0.39 is 60.2 Å². The number of carbonyl (C=O) groups excluding carboxylic acids is 4. The predicted molar refractivity (Wildman–Crippen MR) is 139 cm³/mol. The van der Waals surface area contributed by atoms with Gasteiger partial charge >= 0.3 is 5.97 Å². The molecule has 17 nitrogen and oxygen atoms in total. The summed E-state index contributed by atoms with van der Waals surface area (Å²) >= 11 is 3.91. The second kappa shape index (κ2) is 17.6. The van der Waals surface area contributed by atoms with Gasteiger partial charge in [0.1, 0.15) is 18.1 Å². The van der Waals surface area contributed by atoms with Gasteiger partial charge in [-0.2, -0.15) is 12.6 Å². The molecular formula is C19H37N11O6S. The van der Waals surface area contributed by atoms with Crippen LogP contribution in [0.25, 0.3) is 0 Å². The molecule has 0 spiro atoms. The Kier molecular flexibility index (Phi) is 15.8. The summed E-state index contributed by atoms with van der Waals surface area (Å²) in [5.74, 6) is -5.11. The molecule has 18 heteroatoms. The van der Waals surface area contributed by atoms with Crippen molar-refractivity contribution in [3.63, 3.8) is 0 Å². The first-order valence-corrected chi connectivity index (χ1v) is 11.8. The van der Waals surface area contributed by atoms with E-state index in [2.05, 4.69) is 38.6 Å². The normalized spacial score (nSPS) is 13.7. The second-order valence-electron chi connectivity index (χ2n) is 7.88. The van der Waals surface area contributed by atoms with Crippen molar-refractivity contribution >= 4 is 54.1 Å². The number of aliphatic carboxylic acids is 1. The number of hydrogen-bond donors (Lipinski definition) is 11. The Labute approximate surface area is 219 Å².